The average molecular weight is 287 g/mol. The summed E-state index contributed by atoms with van der Waals surface area (Å²) >= 11 is 0. The highest BCUT2D eigenvalue weighted by molar-refractivity contribution is 5.93. The van der Waals surface area contributed by atoms with Crippen LogP contribution in [0.4, 0.5) is 4.39 Å². The van der Waals surface area contributed by atoms with Gasteiger partial charge in [0.1, 0.15) is 5.82 Å². The zero-order valence-electron chi connectivity index (χ0n) is 12.1. The fourth-order valence-electron chi connectivity index (χ4n) is 1.94. The molecular formula is C16H18FN3O. The van der Waals surface area contributed by atoms with Gasteiger partial charge in [-0.25, -0.2) is 4.39 Å². The predicted molar refractivity (Wildman–Crippen MR) is 79.3 cm³/mol. The van der Waals surface area contributed by atoms with Crippen molar-refractivity contribution in [2.45, 2.75) is 19.5 Å². The molecule has 0 saturated heterocycles. The van der Waals surface area contributed by atoms with Crippen molar-refractivity contribution in [2.75, 3.05) is 7.05 Å². The van der Waals surface area contributed by atoms with Crippen molar-refractivity contribution >= 4 is 5.91 Å². The van der Waals surface area contributed by atoms with Gasteiger partial charge in [0.25, 0.3) is 5.91 Å². The molecule has 2 rings (SSSR count). The van der Waals surface area contributed by atoms with Crippen LogP contribution in [0.3, 0.4) is 0 Å². The van der Waals surface area contributed by atoms with Gasteiger partial charge in [-0.1, -0.05) is 12.1 Å². The molecule has 1 atom stereocenters. The molecule has 0 aliphatic rings. The predicted octanol–water partition coefficient (Wildman–Crippen LogP) is 2.43. The normalized spacial score (nSPS) is 12.0. The molecule has 1 heterocycles. The van der Waals surface area contributed by atoms with Gasteiger partial charge >= 0.3 is 0 Å². The van der Waals surface area contributed by atoms with Gasteiger partial charge in [-0.15, -0.1) is 0 Å². The number of nitrogens with one attached hydrogen (secondary N) is 2. The molecular weight excluding hydrogens is 269 g/mol. The molecule has 1 aromatic carbocycles. The summed E-state index contributed by atoms with van der Waals surface area (Å²) in [6.07, 6.45) is 1.21. The van der Waals surface area contributed by atoms with Gasteiger partial charge in [-0.2, -0.15) is 0 Å². The summed E-state index contributed by atoms with van der Waals surface area (Å²) in [5, 5.41) is 5.90. The van der Waals surface area contributed by atoms with E-state index in [2.05, 4.69) is 15.6 Å². The number of rotatable bonds is 5. The number of hydrogen-bond donors (Lipinski definition) is 2. The number of carbonyl (C=O) groups is 1. The Kier molecular flexibility index (Phi) is 5.00. The highest BCUT2D eigenvalue weighted by atomic mass is 19.1. The Bertz CT molecular complexity index is 596. The number of nitrogens with zero attached hydrogens (tertiary/aromatic N) is 1. The molecule has 5 heteroatoms. The molecule has 110 valence electrons. The van der Waals surface area contributed by atoms with Crippen molar-refractivity contribution in [3.63, 3.8) is 0 Å². The lowest BCUT2D eigenvalue weighted by atomic mass is 10.1. The summed E-state index contributed by atoms with van der Waals surface area (Å²) in [6.45, 7) is 2.62. The summed E-state index contributed by atoms with van der Waals surface area (Å²) in [4.78, 5) is 15.5. The molecule has 0 fully saturated rings. The summed E-state index contributed by atoms with van der Waals surface area (Å²) in [6, 6.07) is 10.5. The van der Waals surface area contributed by atoms with Crippen LogP contribution in [0.5, 0.6) is 0 Å². The summed E-state index contributed by atoms with van der Waals surface area (Å²) < 4.78 is 12.8. The van der Waals surface area contributed by atoms with Crippen molar-refractivity contribution in [1.29, 1.82) is 0 Å². The number of benzene rings is 1. The third kappa shape index (κ3) is 4.10. The van der Waals surface area contributed by atoms with E-state index < -0.39 is 0 Å². The maximum absolute atomic E-state index is 12.8. The number of amides is 1. The lowest BCUT2D eigenvalue weighted by Gasteiger charge is -2.13. The molecule has 0 aliphatic heterocycles. The zero-order valence-corrected chi connectivity index (χ0v) is 12.1. The van der Waals surface area contributed by atoms with E-state index in [1.54, 1.807) is 25.2 Å². The van der Waals surface area contributed by atoms with E-state index in [4.69, 9.17) is 0 Å². The van der Waals surface area contributed by atoms with Gasteiger partial charge in [0.2, 0.25) is 0 Å². The van der Waals surface area contributed by atoms with Gasteiger partial charge in [0.05, 0.1) is 11.9 Å². The second-order valence-corrected chi connectivity index (χ2v) is 4.78. The molecule has 0 bridgehead atoms. The van der Waals surface area contributed by atoms with E-state index in [9.17, 15) is 9.18 Å². The van der Waals surface area contributed by atoms with Crippen molar-refractivity contribution in [3.05, 3.63) is 65.2 Å². The van der Waals surface area contributed by atoms with Gasteiger partial charge in [0, 0.05) is 25.2 Å². The van der Waals surface area contributed by atoms with Gasteiger partial charge in [-0.05, 0) is 36.8 Å². The van der Waals surface area contributed by atoms with Crippen molar-refractivity contribution in [1.82, 2.24) is 15.6 Å². The van der Waals surface area contributed by atoms with E-state index in [-0.39, 0.29) is 17.8 Å². The number of carbonyl (C=O) groups excluding carboxylic acids is 1. The van der Waals surface area contributed by atoms with E-state index in [1.807, 2.05) is 19.1 Å². The highest BCUT2D eigenvalue weighted by Gasteiger charge is 2.07. The van der Waals surface area contributed by atoms with Gasteiger partial charge in [-0.3, -0.25) is 9.78 Å². The van der Waals surface area contributed by atoms with E-state index >= 15 is 0 Å². The van der Waals surface area contributed by atoms with Crippen LogP contribution >= 0.6 is 0 Å². The zero-order chi connectivity index (χ0) is 15.2. The third-order valence-electron chi connectivity index (χ3n) is 3.25. The van der Waals surface area contributed by atoms with Crippen molar-refractivity contribution < 1.29 is 9.18 Å². The van der Waals surface area contributed by atoms with Crippen LogP contribution < -0.4 is 10.6 Å². The fourth-order valence-corrected chi connectivity index (χ4v) is 1.94. The largest absolute Gasteiger partial charge is 0.355 e. The van der Waals surface area contributed by atoms with Crippen LogP contribution in [0.2, 0.25) is 0 Å². The van der Waals surface area contributed by atoms with E-state index in [0.29, 0.717) is 12.1 Å². The number of halogens is 1. The maximum atomic E-state index is 12.8. The Morgan fingerprint density at radius 3 is 2.52 bits per heavy atom. The Balaban J connectivity index is 1.93. The molecule has 1 aromatic heterocycles. The molecule has 0 spiro atoms. The highest BCUT2D eigenvalue weighted by Crippen LogP contribution is 2.11. The first-order valence-corrected chi connectivity index (χ1v) is 6.76. The molecule has 21 heavy (non-hydrogen) atoms. The van der Waals surface area contributed by atoms with Crippen LogP contribution in [0.1, 0.15) is 34.6 Å². The van der Waals surface area contributed by atoms with Crippen LogP contribution in [0, 0.1) is 5.82 Å². The Morgan fingerprint density at radius 2 is 1.95 bits per heavy atom. The molecule has 1 amide bonds. The van der Waals surface area contributed by atoms with Crippen molar-refractivity contribution in [2.24, 2.45) is 0 Å². The monoisotopic (exact) mass is 287 g/mol. The van der Waals surface area contributed by atoms with Crippen LogP contribution in [-0.4, -0.2) is 17.9 Å². The molecule has 0 radical (unpaired) electrons. The molecule has 1 unspecified atom stereocenters. The van der Waals surface area contributed by atoms with Crippen molar-refractivity contribution in [3.8, 4) is 0 Å². The Labute approximate surface area is 123 Å². The van der Waals surface area contributed by atoms with E-state index in [0.717, 1.165) is 11.3 Å². The lowest BCUT2D eigenvalue weighted by Crippen LogP contribution is -2.20. The minimum absolute atomic E-state index is 0.0178. The SMILES string of the molecule is CNC(=O)c1ccc(CNC(C)c2ccc(F)cn2)cc1. The standard InChI is InChI=1S/C16H18FN3O/c1-11(15-8-7-14(17)10-20-15)19-9-12-3-5-13(6-4-12)16(21)18-2/h3-8,10-11,19H,9H2,1-2H3,(H,18,21). The minimum atomic E-state index is -0.337. The lowest BCUT2D eigenvalue weighted by molar-refractivity contribution is 0.0963. The average Bonchev–Trinajstić information content (AvgIpc) is 2.53. The van der Waals surface area contributed by atoms with Crippen LogP contribution in [-0.2, 0) is 6.54 Å². The Morgan fingerprint density at radius 1 is 1.24 bits per heavy atom. The first kappa shape index (κ1) is 15.1. The Hall–Kier alpha value is -2.27. The second-order valence-electron chi connectivity index (χ2n) is 4.78. The topological polar surface area (TPSA) is 54.0 Å². The first-order valence-electron chi connectivity index (χ1n) is 6.76. The van der Waals surface area contributed by atoms with Gasteiger partial charge in [0.15, 0.2) is 0 Å². The molecule has 0 saturated carbocycles. The van der Waals surface area contributed by atoms with E-state index in [1.165, 1.54) is 12.3 Å². The molecule has 0 aliphatic carbocycles. The summed E-state index contributed by atoms with van der Waals surface area (Å²) in [5.41, 5.74) is 2.49. The van der Waals surface area contributed by atoms with Crippen LogP contribution in [0.25, 0.3) is 0 Å². The number of hydrogen-bond acceptors (Lipinski definition) is 3. The van der Waals surface area contributed by atoms with Crippen LogP contribution in [0.15, 0.2) is 42.6 Å². The fraction of sp³-hybridized carbons (Fsp3) is 0.250. The number of pyridine rings is 1. The number of aromatic nitrogens is 1. The van der Waals surface area contributed by atoms with Gasteiger partial charge < -0.3 is 10.6 Å². The maximum Gasteiger partial charge on any atom is 0.251 e. The molecule has 2 N–H and O–H groups in total. The minimum Gasteiger partial charge on any atom is -0.355 e. The molecule has 2 aromatic rings. The smallest absolute Gasteiger partial charge is 0.251 e. The summed E-state index contributed by atoms with van der Waals surface area (Å²) in [7, 11) is 1.61. The summed E-state index contributed by atoms with van der Waals surface area (Å²) in [5.74, 6) is -0.436. The quantitative estimate of drug-likeness (QED) is 0.888. The third-order valence-corrected chi connectivity index (χ3v) is 3.25. The second kappa shape index (κ2) is 6.95. The molecule has 4 nitrogen and oxygen atoms in total. The first-order chi connectivity index (χ1) is 10.1.